The molecule has 0 bridgehead atoms. The van der Waals surface area contributed by atoms with Gasteiger partial charge in [-0.25, -0.2) is 4.79 Å². The van der Waals surface area contributed by atoms with Gasteiger partial charge in [0, 0.05) is 25.2 Å². The van der Waals surface area contributed by atoms with Crippen molar-refractivity contribution in [2.24, 2.45) is 17.1 Å². The number of unbranched alkanes of at least 4 members (excludes halogenated alkanes) is 1. The predicted molar refractivity (Wildman–Crippen MR) is 169 cm³/mol. The predicted octanol–water partition coefficient (Wildman–Crippen LogP) is 2.79. The molecule has 0 radical (unpaired) electrons. The number of aryl methyl sites for hydroxylation is 1. The van der Waals surface area contributed by atoms with E-state index in [2.05, 4.69) is 33.0 Å². The molecular formula is C33H52N6O5. The molecule has 1 unspecified atom stereocenters. The highest BCUT2D eigenvalue weighted by Gasteiger charge is 2.44. The number of benzene rings is 1. The fraction of sp³-hybridized carbons (Fsp3) is 0.697. The first kappa shape index (κ1) is 33.7. The molecule has 2 fully saturated rings. The fourth-order valence-corrected chi connectivity index (χ4v) is 7.29. The summed E-state index contributed by atoms with van der Waals surface area (Å²) in [7, 11) is 0. The minimum atomic E-state index is -1.20. The largest absolute Gasteiger partial charge is 0.465 e. The Bertz CT molecular complexity index is 1190. The summed E-state index contributed by atoms with van der Waals surface area (Å²) in [5, 5.41) is 18.2. The third-order valence-electron chi connectivity index (χ3n) is 9.65. The number of piperazine rings is 1. The van der Waals surface area contributed by atoms with Crippen molar-refractivity contribution >= 4 is 23.8 Å². The van der Waals surface area contributed by atoms with Gasteiger partial charge in [0.2, 0.25) is 17.7 Å². The minimum absolute atomic E-state index is 0.0994. The molecule has 0 spiro atoms. The lowest BCUT2D eigenvalue weighted by molar-refractivity contribution is -0.148. The van der Waals surface area contributed by atoms with Crippen LogP contribution in [0.3, 0.4) is 0 Å². The third-order valence-corrected chi connectivity index (χ3v) is 9.65. The SMILES string of the molecule is C[C@H](C(=O)N[C@@H](CCCCN)C(=O)N1C[C@H]2CCCN2C[C@H]1C(=O)N[C@@H]1CCCc2ccccc21)C(NC(=O)O)C(C)(C)C. The van der Waals surface area contributed by atoms with Crippen LogP contribution in [0.5, 0.6) is 0 Å². The van der Waals surface area contributed by atoms with Crippen molar-refractivity contribution in [3.05, 3.63) is 35.4 Å². The van der Waals surface area contributed by atoms with E-state index < -0.39 is 41.5 Å². The summed E-state index contributed by atoms with van der Waals surface area (Å²) >= 11 is 0. The second kappa shape index (κ2) is 14.7. The molecule has 2 aliphatic heterocycles. The van der Waals surface area contributed by atoms with Gasteiger partial charge in [-0.05, 0) is 81.0 Å². The van der Waals surface area contributed by atoms with Crippen LogP contribution in [-0.2, 0) is 20.8 Å². The molecule has 2 saturated heterocycles. The fourth-order valence-electron chi connectivity index (χ4n) is 7.29. The van der Waals surface area contributed by atoms with Crippen molar-refractivity contribution in [2.45, 2.75) is 109 Å². The number of nitrogens with one attached hydrogen (secondary N) is 3. The first-order chi connectivity index (χ1) is 20.9. The standard InChI is InChI=1S/C33H52N6O5/c1-21(28(33(2,3)4)37-32(43)44)29(40)36-26(15-7-8-17-34)31(42)39-19-23-13-10-18-38(23)20-27(39)30(41)35-25-16-9-12-22-11-5-6-14-24(22)25/h5-6,11,14,21,23,25-28,37H,7-10,12-13,15-20,34H2,1-4H3,(H,35,41)(H,36,40)(H,43,44)/t21-,23+,25+,26-,27-,28?/m0/s1. The number of carbonyl (C=O) groups excluding carboxylic acids is 3. The van der Waals surface area contributed by atoms with E-state index >= 15 is 0 Å². The van der Waals surface area contributed by atoms with Gasteiger partial charge in [0.1, 0.15) is 12.1 Å². The van der Waals surface area contributed by atoms with E-state index in [4.69, 9.17) is 5.73 Å². The van der Waals surface area contributed by atoms with Gasteiger partial charge in [-0.2, -0.15) is 0 Å². The maximum Gasteiger partial charge on any atom is 0.404 e. The van der Waals surface area contributed by atoms with Gasteiger partial charge in [-0.15, -0.1) is 0 Å². The number of fused-ring (bicyclic) bond motifs is 2. The Balaban J connectivity index is 1.55. The van der Waals surface area contributed by atoms with Gasteiger partial charge in [-0.3, -0.25) is 19.3 Å². The number of hydrogen-bond acceptors (Lipinski definition) is 6. The average Bonchev–Trinajstić information content (AvgIpc) is 3.45. The van der Waals surface area contributed by atoms with E-state index in [-0.39, 0.29) is 23.9 Å². The number of amides is 4. The van der Waals surface area contributed by atoms with Crippen LogP contribution in [0, 0.1) is 11.3 Å². The molecule has 4 rings (SSSR count). The van der Waals surface area contributed by atoms with Crippen LogP contribution in [0.25, 0.3) is 0 Å². The zero-order valence-electron chi connectivity index (χ0n) is 26.8. The molecular weight excluding hydrogens is 560 g/mol. The normalized spacial score (nSPS) is 23.9. The van der Waals surface area contributed by atoms with E-state index in [1.165, 1.54) is 5.56 Å². The topological polar surface area (TPSA) is 157 Å². The molecule has 2 heterocycles. The van der Waals surface area contributed by atoms with Crippen molar-refractivity contribution in [1.82, 2.24) is 25.8 Å². The van der Waals surface area contributed by atoms with E-state index in [1.54, 1.807) is 11.8 Å². The van der Waals surface area contributed by atoms with Crippen LogP contribution in [-0.4, -0.2) is 89.1 Å². The number of carbonyl (C=O) groups is 4. The Morgan fingerprint density at radius 2 is 1.80 bits per heavy atom. The molecule has 0 aromatic heterocycles. The van der Waals surface area contributed by atoms with E-state index in [0.717, 1.165) is 44.2 Å². The van der Waals surface area contributed by atoms with Gasteiger partial charge in [0.25, 0.3) is 0 Å². The summed E-state index contributed by atoms with van der Waals surface area (Å²) in [6.07, 6.45) is 5.33. The van der Waals surface area contributed by atoms with Crippen LogP contribution in [0.2, 0.25) is 0 Å². The number of rotatable bonds is 11. The van der Waals surface area contributed by atoms with Crippen molar-refractivity contribution in [3.63, 3.8) is 0 Å². The highest BCUT2D eigenvalue weighted by atomic mass is 16.4. The molecule has 11 nitrogen and oxygen atoms in total. The third kappa shape index (κ3) is 8.10. The van der Waals surface area contributed by atoms with Crippen molar-refractivity contribution < 1.29 is 24.3 Å². The highest BCUT2D eigenvalue weighted by Crippen LogP contribution is 2.31. The Morgan fingerprint density at radius 3 is 2.50 bits per heavy atom. The molecule has 3 aliphatic rings. The van der Waals surface area contributed by atoms with Gasteiger partial charge in [-0.1, -0.05) is 52.0 Å². The zero-order chi connectivity index (χ0) is 32.0. The summed E-state index contributed by atoms with van der Waals surface area (Å²) in [4.78, 5) is 57.5. The summed E-state index contributed by atoms with van der Waals surface area (Å²) in [5.74, 6) is -1.56. The second-order valence-electron chi connectivity index (χ2n) is 13.9. The molecule has 244 valence electrons. The Kier molecular flexibility index (Phi) is 11.3. The number of carboxylic acid groups (broad SMARTS) is 1. The van der Waals surface area contributed by atoms with Gasteiger partial charge in [0.15, 0.2) is 0 Å². The lowest BCUT2D eigenvalue weighted by Gasteiger charge is -2.44. The second-order valence-corrected chi connectivity index (χ2v) is 13.9. The summed E-state index contributed by atoms with van der Waals surface area (Å²) in [5.41, 5.74) is 7.62. The van der Waals surface area contributed by atoms with Crippen LogP contribution in [0.15, 0.2) is 24.3 Å². The molecule has 0 saturated carbocycles. The molecule has 6 N–H and O–H groups in total. The van der Waals surface area contributed by atoms with Crippen LogP contribution in [0.4, 0.5) is 4.79 Å². The monoisotopic (exact) mass is 612 g/mol. The molecule has 6 atom stereocenters. The smallest absolute Gasteiger partial charge is 0.404 e. The zero-order valence-corrected chi connectivity index (χ0v) is 26.8. The first-order valence-corrected chi connectivity index (χ1v) is 16.3. The Morgan fingerprint density at radius 1 is 1.05 bits per heavy atom. The molecule has 4 amide bonds. The van der Waals surface area contributed by atoms with Gasteiger partial charge >= 0.3 is 6.09 Å². The maximum atomic E-state index is 14.4. The quantitative estimate of drug-likeness (QED) is 0.241. The van der Waals surface area contributed by atoms with Gasteiger partial charge < -0.3 is 31.7 Å². The number of nitrogens with zero attached hydrogens (tertiary/aromatic N) is 2. The molecule has 1 aromatic carbocycles. The Labute approximate surface area is 261 Å². The first-order valence-electron chi connectivity index (χ1n) is 16.3. The summed E-state index contributed by atoms with van der Waals surface area (Å²) < 4.78 is 0. The number of hydrogen-bond donors (Lipinski definition) is 5. The van der Waals surface area contributed by atoms with Crippen LogP contribution < -0.4 is 21.7 Å². The lowest BCUT2D eigenvalue weighted by Crippen LogP contribution is -2.65. The molecule has 11 heteroatoms. The minimum Gasteiger partial charge on any atom is -0.465 e. The van der Waals surface area contributed by atoms with Crippen LogP contribution >= 0.6 is 0 Å². The average molecular weight is 613 g/mol. The van der Waals surface area contributed by atoms with Gasteiger partial charge in [0.05, 0.1) is 12.0 Å². The summed E-state index contributed by atoms with van der Waals surface area (Å²) in [6.45, 7) is 9.56. The molecule has 44 heavy (non-hydrogen) atoms. The maximum absolute atomic E-state index is 14.4. The molecule has 1 aliphatic carbocycles. The summed E-state index contributed by atoms with van der Waals surface area (Å²) in [6, 6.07) is 6.12. The number of nitrogens with two attached hydrogens (primary N) is 1. The lowest BCUT2D eigenvalue weighted by atomic mass is 9.79. The van der Waals surface area contributed by atoms with Crippen molar-refractivity contribution in [1.29, 1.82) is 0 Å². The van der Waals surface area contributed by atoms with Crippen LogP contribution in [0.1, 0.15) is 89.8 Å². The van der Waals surface area contributed by atoms with Crippen molar-refractivity contribution in [2.75, 3.05) is 26.2 Å². The van der Waals surface area contributed by atoms with E-state index in [0.29, 0.717) is 38.9 Å². The van der Waals surface area contributed by atoms with Crippen molar-refractivity contribution in [3.8, 4) is 0 Å². The van der Waals surface area contributed by atoms with E-state index in [1.807, 2.05) is 32.9 Å². The van der Waals surface area contributed by atoms with E-state index in [9.17, 15) is 24.3 Å². The molecule has 1 aromatic rings. The highest BCUT2D eigenvalue weighted by molar-refractivity contribution is 5.93. The Hall–Kier alpha value is -3.18.